The Balaban J connectivity index is 1.48. The van der Waals surface area contributed by atoms with Gasteiger partial charge >= 0.3 is 0 Å². The lowest BCUT2D eigenvalue weighted by Crippen LogP contribution is -2.35. The van der Waals surface area contributed by atoms with Gasteiger partial charge in [0.05, 0.1) is 5.56 Å². The number of pyridine rings is 2. The van der Waals surface area contributed by atoms with E-state index in [-0.39, 0.29) is 17.5 Å². The second kappa shape index (κ2) is 8.32. The third-order valence-electron chi connectivity index (χ3n) is 5.00. The van der Waals surface area contributed by atoms with Gasteiger partial charge in [-0.2, -0.15) is 0 Å². The number of anilines is 2. The summed E-state index contributed by atoms with van der Waals surface area (Å²) in [5.41, 5.74) is 6.79. The summed E-state index contributed by atoms with van der Waals surface area (Å²) < 4.78 is 5.02. The van der Waals surface area contributed by atoms with Crippen LogP contribution in [0.25, 0.3) is 0 Å². The SMILES string of the molecule is Cc1cc(C(=O)N2CCCN(c3cccc(C(=O)c4cccnc4N)n3)CC2)no1. The van der Waals surface area contributed by atoms with Crippen LogP contribution >= 0.6 is 0 Å². The normalized spacial score (nSPS) is 14.4. The van der Waals surface area contributed by atoms with Crippen LogP contribution in [-0.2, 0) is 0 Å². The van der Waals surface area contributed by atoms with E-state index in [9.17, 15) is 9.59 Å². The van der Waals surface area contributed by atoms with Crippen molar-refractivity contribution in [3.05, 3.63) is 65.3 Å². The van der Waals surface area contributed by atoms with Crippen molar-refractivity contribution in [1.82, 2.24) is 20.0 Å². The molecule has 4 heterocycles. The van der Waals surface area contributed by atoms with Crippen LogP contribution in [0.15, 0.2) is 47.1 Å². The minimum atomic E-state index is -0.268. The number of amides is 1. The molecule has 1 aliphatic heterocycles. The molecule has 0 radical (unpaired) electrons. The van der Waals surface area contributed by atoms with Crippen molar-refractivity contribution >= 4 is 23.3 Å². The van der Waals surface area contributed by atoms with Gasteiger partial charge in [0.15, 0.2) is 5.69 Å². The van der Waals surface area contributed by atoms with Gasteiger partial charge in [-0.25, -0.2) is 9.97 Å². The maximum absolute atomic E-state index is 12.8. The fraction of sp³-hybridized carbons (Fsp3) is 0.286. The van der Waals surface area contributed by atoms with E-state index in [1.54, 1.807) is 48.4 Å². The lowest BCUT2D eigenvalue weighted by molar-refractivity contribution is 0.0756. The molecular weight excluding hydrogens is 384 g/mol. The van der Waals surface area contributed by atoms with Crippen molar-refractivity contribution in [3.8, 4) is 0 Å². The smallest absolute Gasteiger partial charge is 0.276 e. The Hall–Kier alpha value is -3.75. The van der Waals surface area contributed by atoms with E-state index in [1.807, 2.05) is 6.07 Å². The predicted octanol–water partition coefficient (Wildman–Crippen LogP) is 1.94. The highest BCUT2D eigenvalue weighted by atomic mass is 16.5. The summed E-state index contributed by atoms with van der Waals surface area (Å²) in [6.07, 6.45) is 2.32. The first-order valence-electron chi connectivity index (χ1n) is 9.73. The summed E-state index contributed by atoms with van der Waals surface area (Å²) in [6.45, 7) is 4.22. The number of carbonyl (C=O) groups excluding carboxylic acids is 2. The summed E-state index contributed by atoms with van der Waals surface area (Å²) in [4.78, 5) is 37.8. The molecule has 154 valence electrons. The van der Waals surface area contributed by atoms with Crippen LogP contribution in [0.2, 0.25) is 0 Å². The summed E-state index contributed by atoms with van der Waals surface area (Å²) in [7, 11) is 0. The highest BCUT2D eigenvalue weighted by Crippen LogP contribution is 2.19. The van der Waals surface area contributed by atoms with Gasteiger partial charge in [0.2, 0.25) is 5.78 Å². The first-order valence-corrected chi connectivity index (χ1v) is 9.73. The zero-order chi connectivity index (χ0) is 21.1. The molecular formula is C21H22N6O3. The van der Waals surface area contributed by atoms with Gasteiger partial charge in [-0.3, -0.25) is 9.59 Å². The molecule has 0 aromatic carbocycles. The number of ketones is 1. The topological polar surface area (TPSA) is 118 Å². The first-order chi connectivity index (χ1) is 14.5. The summed E-state index contributed by atoms with van der Waals surface area (Å²) in [5, 5.41) is 3.82. The van der Waals surface area contributed by atoms with E-state index in [0.29, 0.717) is 48.2 Å². The molecule has 3 aromatic rings. The number of nitrogens with two attached hydrogens (primary N) is 1. The molecule has 0 saturated carbocycles. The van der Waals surface area contributed by atoms with E-state index in [1.165, 1.54) is 0 Å². The first kappa shape index (κ1) is 19.6. The Bertz CT molecular complexity index is 1080. The van der Waals surface area contributed by atoms with Crippen molar-refractivity contribution in [2.45, 2.75) is 13.3 Å². The second-order valence-corrected chi connectivity index (χ2v) is 7.10. The fourth-order valence-electron chi connectivity index (χ4n) is 3.45. The van der Waals surface area contributed by atoms with E-state index in [0.717, 1.165) is 13.0 Å². The Morgan fingerprint density at radius 2 is 1.93 bits per heavy atom. The highest BCUT2D eigenvalue weighted by molar-refractivity contribution is 6.10. The third kappa shape index (κ3) is 4.00. The van der Waals surface area contributed by atoms with Crippen molar-refractivity contribution in [2.75, 3.05) is 36.8 Å². The number of hydrogen-bond acceptors (Lipinski definition) is 8. The summed E-state index contributed by atoms with van der Waals surface area (Å²) in [5.74, 6) is 1.07. The molecule has 1 amide bonds. The maximum Gasteiger partial charge on any atom is 0.276 e. The van der Waals surface area contributed by atoms with Gasteiger partial charge in [-0.15, -0.1) is 0 Å². The average molecular weight is 406 g/mol. The molecule has 0 bridgehead atoms. The van der Waals surface area contributed by atoms with Crippen LogP contribution in [0.4, 0.5) is 11.6 Å². The molecule has 0 spiro atoms. The fourth-order valence-corrected chi connectivity index (χ4v) is 3.45. The predicted molar refractivity (Wildman–Crippen MR) is 110 cm³/mol. The van der Waals surface area contributed by atoms with Crippen molar-refractivity contribution in [2.24, 2.45) is 0 Å². The number of nitrogens with zero attached hydrogens (tertiary/aromatic N) is 5. The standard InChI is InChI=1S/C21H22N6O3/c1-14-13-17(25-30-14)21(29)27-10-4-9-26(11-12-27)18-7-2-6-16(24-18)19(28)15-5-3-8-23-20(15)22/h2-3,5-8,13H,4,9-12H2,1H3,(H2,22,23). The van der Waals surface area contributed by atoms with Crippen LogP contribution in [0.1, 0.15) is 38.7 Å². The van der Waals surface area contributed by atoms with Crippen molar-refractivity contribution in [3.63, 3.8) is 0 Å². The second-order valence-electron chi connectivity index (χ2n) is 7.10. The van der Waals surface area contributed by atoms with E-state index in [2.05, 4.69) is 20.0 Å². The van der Waals surface area contributed by atoms with Crippen molar-refractivity contribution in [1.29, 1.82) is 0 Å². The molecule has 0 atom stereocenters. The Morgan fingerprint density at radius 1 is 1.07 bits per heavy atom. The molecule has 1 aliphatic rings. The minimum absolute atomic E-state index is 0.141. The quantitative estimate of drug-likeness (QED) is 0.653. The lowest BCUT2D eigenvalue weighted by atomic mass is 10.1. The van der Waals surface area contributed by atoms with Crippen LogP contribution in [0.3, 0.4) is 0 Å². The van der Waals surface area contributed by atoms with Gasteiger partial charge in [0.1, 0.15) is 23.1 Å². The minimum Gasteiger partial charge on any atom is -0.383 e. The van der Waals surface area contributed by atoms with Crippen LogP contribution in [0, 0.1) is 6.92 Å². The van der Waals surface area contributed by atoms with Crippen LogP contribution in [0.5, 0.6) is 0 Å². The summed E-state index contributed by atoms with van der Waals surface area (Å²) in [6, 6.07) is 10.3. The molecule has 2 N–H and O–H groups in total. The number of aromatic nitrogens is 3. The largest absolute Gasteiger partial charge is 0.383 e. The zero-order valence-electron chi connectivity index (χ0n) is 16.6. The van der Waals surface area contributed by atoms with Gasteiger partial charge in [0, 0.05) is 38.4 Å². The molecule has 4 rings (SSSR count). The van der Waals surface area contributed by atoms with Gasteiger partial charge in [0.25, 0.3) is 5.91 Å². The number of hydrogen-bond donors (Lipinski definition) is 1. The summed E-state index contributed by atoms with van der Waals surface area (Å²) >= 11 is 0. The molecule has 9 nitrogen and oxygen atoms in total. The number of rotatable bonds is 4. The lowest BCUT2D eigenvalue weighted by Gasteiger charge is -2.22. The number of aryl methyl sites for hydroxylation is 1. The van der Waals surface area contributed by atoms with E-state index < -0.39 is 0 Å². The Kier molecular flexibility index (Phi) is 5.42. The highest BCUT2D eigenvalue weighted by Gasteiger charge is 2.24. The van der Waals surface area contributed by atoms with E-state index in [4.69, 9.17) is 10.3 Å². The Morgan fingerprint density at radius 3 is 2.70 bits per heavy atom. The zero-order valence-corrected chi connectivity index (χ0v) is 16.6. The molecule has 1 fully saturated rings. The van der Waals surface area contributed by atoms with E-state index >= 15 is 0 Å². The number of carbonyl (C=O) groups is 2. The molecule has 1 saturated heterocycles. The van der Waals surface area contributed by atoms with Crippen LogP contribution < -0.4 is 10.6 Å². The Labute approximate surface area is 173 Å². The monoisotopic (exact) mass is 406 g/mol. The maximum atomic E-state index is 12.8. The van der Waals surface area contributed by atoms with Crippen LogP contribution in [-0.4, -0.2) is 57.9 Å². The third-order valence-corrected chi connectivity index (χ3v) is 5.00. The average Bonchev–Trinajstić information content (AvgIpc) is 3.05. The van der Waals surface area contributed by atoms with Crippen molar-refractivity contribution < 1.29 is 14.1 Å². The van der Waals surface area contributed by atoms with Gasteiger partial charge < -0.3 is 20.1 Å². The van der Waals surface area contributed by atoms with Gasteiger partial charge in [-0.1, -0.05) is 11.2 Å². The number of nitrogen functional groups attached to an aromatic ring is 1. The molecule has 30 heavy (non-hydrogen) atoms. The molecule has 9 heteroatoms. The molecule has 0 unspecified atom stereocenters. The molecule has 3 aromatic heterocycles. The van der Waals surface area contributed by atoms with Gasteiger partial charge in [-0.05, 0) is 37.6 Å². The molecule has 0 aliphatic carbocycles.